The Bertz CT molecular complexity index is 581. The molecule has 0 aliphatic carbocycles. The predicted molar refractivity (Wildman–Crippen MR) is 71.1 cm³/mol. The molecule has 0 saturated carbocycles. The summed E-state index contributed by atoms with van der Waals surface area (Å²) in [6.45, 7) is 1.64. The third-order valence-electron chi connectivity index (χ3n) is 2.62. The van der Waals surface area contributed by atoms with Crippen LogP contribution < -0.4 is 0 Å². The van der Waals surface area contributed by atoms with E-state index >= 15 is 0 Å². The van der Waals surface area contributed by atoms with E-state index < -0.39 is 5.82 Å². The normalized spacial score (nSPS) is 10.4. The van der Waals surface area contributed by atoms with Gasteiger partial charge in [-0.15, -0.1) is 0 Å². The van der Waals surface area contributed by atoms with Crippen LogP contribution in [0, 0.1) is 12.7 Å². The van der Waals surface area contributed by atoms with Crippen molar-refractivity contribution in [3.8, 4) is 0 Å². The quantitative estimate of drug-likeness (QED) is 0.809. The molecule has 2 rings (SSSR count). The van der Waals surface area contributed by atoms with Crippen LogP contribution in [0.15, 0.2) is 41.0 Å². The summed E-state index contributed by atoms with van der Waals surface area (Å²) in [5.74, 6) is -0.703. The first-order chi connectivity index (χ1) is 8.58. The lowest BCUT2D eigenvalue weighted by Gasteiger charge is -2.04. The summed E-state index contributed by atoms with van der Waals surface area (Å²) in [6.07, 6.45) is 1.73. The van der Waals surface area contributed by atoms with Gasteiger partial charge in [0.2, 0.25) is 0 Å². The monoisotopic (exact) mass is 307 g/mol. The first-order valence-corrected chi connectivity index (χ1v) is 6.26. The van der Waals surface area contributed by atoms with Crippen LogP contribution in [0.2, 0.25) is 0 Å². The molecule has 1 aromatic heterocycles. The largest absolute Gasteiger partial charge is 0.294 e. The summed E-state index contributed by atoms with van der Waals surface area (Å²) < 4.78 is 14.6. The highest BCUT2D eigenvalue weighted by Gasteiger charge is 2.14. The maximum atomic E-state index is 13.8. The molecule has 0 unspecified atom stereocenters. The number of nitrogens with zero attached hydrogens (tertiary/aromatic N) is 1. The van der Waals surface area contributed by atoms with Crippen molar-refractivity contribution in [2.45, 2.75) is 13.3 Å². The van der Waals surface area contributed by atoms with Crippen molar-refractivity contribution in [2.24, 2.45) is 0 Å². The number of rotatable bonds is 3. The highest BCUT2D eigenvalue weighted by Crippen LogP contribution is 2.15. The number of Topliss-reactive ketones (excluding diaryl/α,β-unsaturated/α-hetero) is 1. The van der Waals surface area contributed by atoms with Gasteiger partial charge >= 0.3 is 0 Å². The molecule has 0 aliphatic heterocycles. The Labute approximate surface area is 113 Å². The van der Waals surface area contributed by atoms with Gasteiger partial charge < -0.3 is 0 Å². The Morgan fingerprint density at radius 1 is 1.33 bits per heavy atom. The van der Waals surface area contributed by atoms with Gasteiger partial charge in [0, 0.05) is 16.4 Å². The van der Waals surface area contributed by atoms with E-state index in [0.717, 1.165) is 4.47 Å². The van der Waals surface area contributed by atoms with Gasteiger partial charge in [-0.1, -0.05) is 12.1 Å². The minimum atomic E-state index is -0.445. The number of aromatic nitrogens is 1. The summed E-state index contributed by atoms with van der Waals surface area (Å²) in [7, 11) is 0. The summed E-state index contributed by atoms with van der Waals surface area (Å²) in [5, 5.41) is 0. The Hall–Kier alpha value is -1.55. The molecule has 1 heterocycles. The minimum absolute atomic E-state index is 0.105. The van der Waals surface area contributed by atoms with Crippen LogP contribution in [0.3, 0.4) is 0 Å². The Kier molecular flexibility index (Phi) is 3.87. The van der Waals surface area contributed by atoms with Gasteiger partial charge in [-0.25, -0.2) is 4.39 Å². The van der Waals surface area contributed by atoms with E-state index in [2.05, 4.69) is 20.9 Å². The number of ketones is 1. The summed E-state index contributed by atoms with van der Waals surface area (Å²) in [4.78, 5) is 16.1. The highest BCUT2D eigenvalue weighted by molar-refractivity contribution is 9.10. The molecule has 0 N–H and O–H groups in total. The van der Waals surface area contributed by atoms with E-state index in [1.165, 1.54) is 6.07 Å². The maximum Gasteiger partial charge on any atom is 0.171 e. The molecule has 0 radical (unpaired) electrons. The number of hydrogen-bond acceptors (Lipinski definition) is 2. The molecule has 0 bridgehead atoms. The maximum absolute atomic E-state index is 13.8. The standard InChI is InChI=1S/C14H11BrFNO/c1-9-3-2-4-12(14(9)16)13(18)7-11-6-5-10(15)8-17-11/h2-6,8H,7H2,1H3. The van der Waals surface area contributed by atoms with Crippen molar-refractivity contribution in [3.05, 3.63) is 63.6 Å². The molecule has 92 valence electrons. The molecular weight excluding hydrogens is 297 g/mol. The number of hydrogen-bond donors (Lipinski definition) is 0. The first-order valence-electron chi connectivity index (χ1n) is 5.46. The number of benzene rings is 1. The third kappa shape index (κ3) is 2.82. The molecule has 0 fully saturated rings. The molecule has 18 heavy (non-hydrogen) atoms. The van der Waals surface area contributed by atoms with Gasteiger partial charge in [0.25, 0.3) is 0 Å². The zero-order chi connectivity index (χ0) is 13.1. The average molecular weight is 308 g/mol. The van der Waals surface area contributed by atoms with Gasteiger partial charge in [0.05, 0.1) is 12.0 Å². The van der Waals surface area contributed by atoms with Crippen molar-refractivity contribution in [3.63, 3.8) is 0 Å². The predicted octanol–water partition coefficient (Wildman–Crippen LogP) is 3.72. The van der Waals surface area contributed by atoms with Crippen molar-refractivity contribution in [1.29, 1.82) is 0 Å². The fraction of sp³-hybridized carbons (Fsp3) is 0.143. The zero-order valence-corrected chi connectivity index (χ0v) is 11.4. The van der Waals surface area contributed by atoms with Crippen molar-refractivity contribution in [1.82, 2.24) is 4.98 Å². The molecule has 0 atom stereocenters. The van der Waals surface area contributed by atoms with Gasteiger partial charge in [-0.3, -0.25) is 9.78 Å². The topological polar surface area (TPSA) is 30.0 Å². The van der Waals surface area contributed by atoms with Crippen LogP contribution in [-0.2, 0) is 6.42 Å². The number of carbonyl (C=O) groups is 1. The Morgan fingerprint density at radius 3 is 2.78 bits per heavy atom. The van der Waals surface area contributed by atoms with Gasteiger partial charge in [0.15, 0.2) is 5.78 Å². The molecular formula is C14H11BrFNO. The second kappa shape index (κ2) is 5.40. The van der Waals surface area contributed by atoms with Crippen molar-refractivity contribution < 1.29 is 9.18 Å². The lowest BCUT2D eigenvalue weighted by atomic mass is 10.0. The number of halogens is 2. The highest BCUT2D eigenvalue weighted by atomic mass is 79.9. The fourth-order valence-corrected chi connectivity index (χ4v) is 1.87. The minimum Gasteiger partial charge on any atom is -0.294 e. The van der Waals surface area contributed by atoms with Crippen LogP contribution in [-0.4, -0.2) is 10.8 Å². The van der Waals surface area contributed by atoms with E-state index in [4.69, 9.17) is 0 Å². The van der Waals surface area contributed by atoms with Crippen LogP contribution >= 0.6 is 15.9 Å². The van der Waals surface area contributed by atoms with Gasteiger partial charge in [-0.05, 0) is 46.6 Å². The SMILES string of the molecule is Cc1cccc(C(=O)Cc2ccc(Br)cn2)c1F. The fourth-order valence-electron chi connectivity index (χ4n) is 1.63. The Morgan fingerprint density at radius 2 is 2.11 bits per heavy atom. The molecule has 0 spiro atoms. The first kappa shape index (κ1) is 12.9. The van der Waals surface area contributed by atoms with Gasteiger partial charge in [-0.2, -0.15) is 0 Å². The van der Waals surface area contributed by atoms with Crippen molar-refractivity contribution in [2.75, 3.05) is 0 Å². The molecule has 2 aromatic rings. The lowest BCUT2D eigenvalue weighted by molar-refractivity contribution is 0.0988. The molecule has 2 nitrogen and oxygen atoms in total. The zero-order valence-electron chi connectivity index (χ0n) is 9.78. The van der Waals surface area contributed by atoms with Crippen LogP contribution in [0.5, 0.6) is 0 Å². The summed E-state index contributed by atoms with van der Waals surface area (Å²) in [5.41, 5.74) is 1.23. The summed E-state index contributed by atoms with van der Waals surface area (Å²) in [6, 6.07) is 8.38. The van der Waals surface area contributed by atoms with E-state index in [9.17, 15) is 9.18 Å². The van der Waals surface area contributed by atoms with E-state index in [1.54, 1.807) is 31.3 Å². The average Bonchev–Trinajstić information content (AvgIpc) is 2.35. The van der Waals surface area contributed by atoms with E-state index in [1.807, 2.05) is 6.07 Å². The molecule has 4 heteroatoms. The smallest absolute Gasteiger partial charge is 0.171 e. The second-order valence-electron chi connectivity index (χ2n) is 4.00. The number of carbonyl (C=O) groups excluding carboxylic acids is 1. The van der Waals surface area contributed by atoms with Crippen molar-refractivity contribution >= 4 is 21.7 Å². The molecule has 0 aliphatic rings. The van der Waals surface area contributed by atoms with E-state index in [0.29, 0.717) is 11.3 Å². The van der Waals surface area contributed by atoms with Crippen LogP contribution in [0.1, 0.15) is 21.6 Å². The second-order valence-corrected chi connectivity index (χ2v) is 4.92. The van der Waals surface area contributed by atoms with Gasteiger partial charge in [0.1, 0.15) is 5.82 Å². The number of pyridine rings is 1. The molecule has 0 saturated heterocycles. The third-order valence-corrected chi connectivity index (χ3v) is 3.09. The van der Waals surface area contributed by atoms with Crippen LogP contribution in [0.4, 0.5) is 4.39 Å². The molecule has 1 aromatic carbocycles. The number of aryl methyl sites for hydroxylation is 1. The molecule has 0 amide bonds. The Balaban J connectivity index is 2.22. The lowest BCUT2D eigenvalue weighted by Crippen LogP contribution is -2.08. The van der Waals surface area contributed by atoms with E-state index in [-0.39, 0.29) is 17.8 Å². The summed E-state index contributed by atoms with van der Waals surface area (Å²) >= 11 is 3.27. The van der Waals surface area contributed by atoms with Crippen LogP contribution in [0.25, 0.3) is 0 Å².